The molecule has 9 heteroatoms. The predicted octanol–water partition coefficient (Wildman–Crippen LogP) is 5.06. The summed E-state index contributed by atoms with van der Waals surface area (Å²) in [5, 5.41) is 13.8. The molecular formula is C25H18FN7O. The zero-order valence-electron chi connectivity index (χ0n) is 17.7. The molecule has 0 atom stereocenters. The van der Waals surface area contributed by atoms with Crippen LogP contribution in [0.25, 0.3) is 22.5 Å². The summed E-state index contributed by atoms with van der Waals surface area (Å²) in [6.07, 6.45) is 3.21. The van der Waals surface area contributed by atoms with E-state index in [2.05, 4.69) is 35.8 Å². The molecule has 0 fully saturated rings. The van der Waals surface area contributed by atoms with Crippen LogP contribution in [0.1, 0.15) is 10.4 Å². The van der Waals surface area contributed by atoms with Gasteiger partial charge in [0.05, 0.1) is 0 Å². The fraction of sp³-hybridized carbons (Fsp3) is 0. The highest BCUT2D eigenvalue weighted by Crippen LogP contribution is 2.21. The summed E-state index contributed by atoms with van der Waals surface area (Å²) in [7, 11) is 0. The molecule has 8 nitrogen and oxygen atoms in total. The van der Waals surface area contributed by atoms with Gasteiger partial charge in [-0.25, -0.2) is 14.4 Å². The van der Waals surface area contributed by atoms with Gasteiger partial charge in [-0.15, -0.1) is 10.2 Å². The van der Waals surface area contributed by atoms with E-state index in [0.29, 0.717) is 34.2 Å². The van der Waals surface area contributed by atoms with Crippen LogP contribution in [0, 0.1) is 5.82 Å². The van der Waals surface area contributed by atoms with Gasteiger partial charge < -0.3 is 10.3 Å². The Labute approximate surface area is 194 Å². The van der Waals surface area contributed by atoms with Crippen LogP contribution in [0.15, 0.2) is 91.3 Å². The van der Waals surface area contributed by atoms with E-state index >= 15 is 0 Å². The monoisotopic (exact) mass is 451 g/mol. The summed E-state index contributed by atoms with van der Waals surface area (Å²) < 4.78 is 13.4. The normalized spacial score (nSPS) is 10.6. The zero-order chi connectivity index (χ0) is 23.3. The number of nitrogens with zero attached hydrogens (tertiary/aromatic N) is 4. The van der Waals surface area contributed by atoms with Crippen LogP contribution in [0.4, 0.5) is 22.0 Å². The Bertz CT molecular complexity index is 1440. The molecule has 2 aromatic heterocycles. The Morgan fingerprint density at radius 3 is 2.35 bits per heavy atom. The van der Waals surface area contributed by atoms with Crippen molar-refractivity contribution in [2.75, 3.05) is 10.6 Å². The van der Waals surface area contributed by atoms with Gasteiger partial charge in [-0.3, -0.25) is 10.1 Å². The first-order valence-electron chi connectivity index (χ1n) is 10.4. The van der Waals surface area contributed by atoms with Crippen molar-refractivity contribution in [1.82, 2.24) is 25.1 Å². The summed E-state index contributed by atoms with van der Waals surface area (Å²) in [5.74, 6) is 0.488. The van der Waals surface area contributed by atoms with Crippen LogP contribution >= 0.6 is 0 Å². The second-order valence-corrected chi connectivity index (χ2v) is 7.35. The number of hydrogen-bond donors (Lipinski definition) is 3. The van der Waals surface area contributed by atoms with E-state index < -0.39 is 0 Å². The predicted molar refractivity (Wildman–Crippen MR) is 127 cm³/mol. The average Bonchev–Trinajstić information content (AvgIpc) is 3.34. The van der Waals surface area contributed by atoms with Gasteiger partial charge in [-0.05, 0) is 35.9 Å². The lowest BCUT2D eigenvalue weighted by Crippen LogP contribution is -2.13. The van der Waals surface area contributed by atoms with E-state index in [4.69, 9.17) is 0 Å². The number of nitrogens with one attached hydrogen (secondary N) is 3. The molecule has 0 saturated heterocycles. The lowest BCUT2D eigenvalue weighted by Gasteiger charge is -2.08. The third-order valence-corrected chi connectivity index (χ3v) is 4.96. The van der Waals surface area contributed by atoms with E-state index in [1.54, 1.807) is 48.8 Å². The minimum Gasteiger partial charge on any atom is -0.324 e. The smallest absolute Gasteiger partial charge is 0.258 e. The molecule has 34 heavy (non-hydrogen) atoms. The number of carbonyl (C=O) groups is 1. The van der Waals surface area contributed by atoms with Gasteiger partial charge >= 0.3 is 0 Å². The number of hydrogen-bond acceptors (Lipinski definition) is 6. The van der Waals surface area contributed by atoms with Gasteiger partial charge in [-0.1, -0.05) is 48.5 Å². The maximum absolute atomic E-state index is 13.4. The van der Waals surface area contributed by atoms with Gasteiger partial charge in [0.25, 0.3) is 5.91 Å². The van der Waals surface area contributed by atoms with Crippen molar-refractivity contribution in [1.29, 1.82) is 0 Å². The Morgan fingerprint density at radius 1 is 0.794 bits per heavy atom. The van der Waals surface area contributed by atoms with Crippen molar-refractivity contribution in [3.05, 3.63) is 103 Å². The second kappa shape index (κ2) is 9.29. The van der Waals surface area contributed by atoms with Gasteiger partial charge in [0.1, 0.15) is 5.82 Å². The molecule has 0 aliphatic carbocycles. The molecule has 0 saturated carbocycles. The van der Waals surface area contributed by atoms with Crippen molar-refractivity contribution in [2.45, 2.75) is 0 Å². The van der Waals surface area contributed by atoms with E-state index in [0.717, 1.165) is 5.56 Å². The second-order valence-electron chi connectivity index (χ2n) is 7.35. The number of amides is 1. The molecule has 5 aromatic rings. The number of aromatic nitrogens is 5. The first-order chi connectivity index (χ1) is 16.6. The van der Waals surface area contributed by atoms with Crippen LogP contribution in [0.5, 0.6) is 0 Å². The maximum atomic E-state index is 13.4. The van der Waals surface area contributed by atoms with Crippen LogP contribution in [-0.4, -0.2) is 31.1 Å². The largest absolute Gasteiger partial charge is 0.324 e. The minimum atomic E-state index is -0.346. The maximum Gasteiger partial charge on any atom is 0.258 e. The third-order valence-electron chi connectivity index (χ3n) is 4.96. The van der Waals surface area contributed by atoms with Crippen LogP contribution in [-0.2, 0) is 0 Å². The van der Waals surface area contributed by atoms with Crippen molar-refractivity contribution < 1.29 is 9.18 Å². The van der Waals surface area contributed by atoms with E-state index in [9.17, 15) is 9.18 Å². The fourth-order valence-electron chi connectivity index (χ4n) is 3.30. The Morgan fingerprint density at radius 2 is 1.56 bits per heavy atom. The number of benzene rings is 3. The fourth-order valence-corrected chi connectivity index (χ4v) is 3.30. The number of anilines is 3. The summed E-state index contributed by atoms with van der Waals surface area (Å²) in [6, 6.07) is 22.6. The molecule has 0 aliphatic heterocycles. The molecule has 2 heterocycles. The highest BCUT2D eigenvalue weighted by atomic mass is 19.1. The quantitative estimate of drug-likeness (QED) is 0.333. The first-order valence-corrected chi connectivity index (χ1v) is 10.4. The van der Waals surface area contributed by atoms with Gasteiger partial charge in [-0.2, -0.15) is 0 Å². The number of H-pyrrole nitrogens is 1. The summed E-state index contributed by atoms with van der Waals surface area (Å²) in [6.45, 7) is 0. The van der Waals surface area contributed by atoms with E-state index in [-0.39, 0.29) is 17.7 Å². The SMILES string of the molecule is O=C(Nc1nnc(-c2ccccc2)[nH]1)c1cccc(Nc2ncc(-c3cccc(F)c3)cn2)c1. The minimum absolute atomic E-state index is 0.249. The summed E-state index contributed by atoms with van der Waals surface area (Å²) >= 11 is 0. The van der Waals surface area contributed by atoms with E-state index in [1.165, 1.54) is 12.1 Å². The van der Waals surface area contributed by atoms with E-state index in [1.807, 2.05) is 30.3 Å². The molecule has 0 unspecified atom stereocenters. The zero-order valence-corrected chi connectivity index (χ0v) is 17.7. The van der Waals surface area contributed by atoms with Crippen LogP contribution in [0.3, 0.4) is 0 Å². The third kappa shape index (κ3) is 4.78. The van der Waals surface area contributed by atoms with Gasteiger partial charge in [0, 0.05) is 34.8 Å². The molecule has 3 aromatic carbocycles. The number of carbonyl (C=O) groups excluding carboxylic acids is 1. The Hall–Kier alpha value is -4.92. The van der Waals surface area contributed by atoms with Gasteiger partial charge in [0.2, 0.25) is 11.9 Å². The molecule has 3 N–H and O–H groups in total. The molecule has 0 radical (unpaired) electrons. The highest BCUT2D eigenvalue weighted by Gasteiger charge is 2.11. The Kier molecular flexibility index (Phi) is 5.73. The summed E-state index contributed by atoms with van der Waals surface area (Å²) in [4.78, 5) is 24.3. The molecule has 1 amide bonds. The molecule has 0 bridgehead atoms. The lowest BCUT2D eigenvalue weighted by atomic mass is 10.1. The average molecular weight is 451 g/mol. The lowest BCUT2D eigenvalue weighted by molar-refractivity contribution is 0.102. The van der Waals surface area contributed by atoms with Crippen LogP contribution in [0.2, 0.25) is 0 Å². The van der Waals surface area contributed by atoms with Crippen LogP contribution < -0.4 is 10.6 Å². The van der Waals surface area contributed by atoms with Gasteiger partial charge in [0.15, 0.2) is 5.82 Å². The standard InChI is InChI=1S/C25H18FN7O/c26-20-10-4-8-17(12-20)19-14-27-24(28-15-19)29-21-11-5-9-18(13-21)23(34)31-25-30-22(32-33-25)16-6-2-1-3-7-16/h1-15H,(H,27,28,29)(H2,30,31,32,33,34). The number of halogens is 1. The first kappa shape index (κ1) is 21.0. The topological polar surface area (TPSA) is 108 Å². The molecule has 0 aliphatic rings. The molecular weight excluding hydrogens is 433 g/mol. The summed E-state index contributed by atoms with van der Waals surface area (Å²) in [5.41, 5.74) is 3.30. The highest BCUT2D eigenvalue weighted by molar-refractivity contribution is 6.04. The van der Waals surface area contributed by atoms with Crippen molar-refractivity contribution in [2.24, 2.45) is 0 Å². The van der Waals surface area contributed by atoms with Crippen molar-refractivity contribution >= 4 is 23.5 Å². The number of aromatic amines is 1. The number of rotatable bonds is 6. The molecule has 166 valence electrons. The molecule has 5 rings (SSSR count). The van der Waals surface area contributed by atoms with Crippen molar-refractivity contribution in [3.63, 3.8) is 0 Å². The Balaban J connectivity index is 1.26. The molecule has 0 spiro atoms. The van der Waals surface area contributed by atoms with Crippen molar-refractivity contribution in [3.8, 4) is 22.5 Å².